The third-order valence-corrected chi connectivity index (χ3v) is 2.73. The van der Waals surface area contributed by atoms with E-state index in [0.717, 1.165) is 0 Å². The van der Waals surface area contributed by atoms with Crippen molar-refractivity contribution < 1.29 is 10.2 Å². The molecular formula is C6H6Br2O2. The van der Waals surface area contributed by atoms with Crippen LogP contribution >= 0.6 is 31.9 Å². The van der Waals surface area contributed by atoms with E-state index in [1.165, 1.54) is 0 Å². The van der Waals surface area contributed by atoms with Crippen LogP contribution in [0.25, 0.3) is 0 Å². The summed E-state index contributed by atoms with van der Waals surface area (Å²) >= 11 is 6.21. The summed E-state index contributed by atoms with van der Waals surface area (Å²) in [6, 6.07) is 0. The zero-order valence-electron chi connectivity index (χ0n) is 4.96. The van der Waals surface area contributed by atoms with E-state index in [-0.39, 0.29) is 0 Å². The third-order valence-electron chi connectivity index (χ3n) is 1.27. The second kappa shape index (κ2) is 3.17. The van der Waals surface area contributed by atoms with Gasteiger partial charge in [0, 0.05) is 8.96 Å². The second-order valence-electron chi connectivity index (χ2n) is 1.99. The number of aliphatic hydroxyl groups excluding tert-OH is 2. The first-order valence-electron chi connectivity index (χ1n) is 2.72. The van der Waals surface area contributed by atoms with Crippen molar-refractivity contribution >= 4 is 31.9 Å². The van der Waals surface area contributed by atoms with Gasteiger partial charge in [0.15, 0.2) is 0 Å². The van der Waals surface area contributed by atoms with E-state index in [2.05, 4.69) is 31.9 Å². The number of hydrogen-bond donors (Lipinski definition) is 2. The minimum Gasteiger partial charge on any atom is -0.385 e. The molecule has 1 rings (SSSR count). The maximum Gasteiger partial charge on any atom is 0.116 e. The Bertz CT molecular complexity index is 176. The average molecular weight is 270 g/mol. The van der Waals surface area contributed by atoms with Crippen molar-refractivity contribution in [1.29, 1.82) is 0 Å². The Morgan fingerprint density at radius 3 is 1.60 bits per heavy atom. The fraction of sp³-hybridized carbons (Fsp3) is 0.333. The van der Waals surface area contributed by atoms with Gasteiger partial charge in [-0.2, -0.15) is 0 Å². The largest absolute Gasteiger partial charge is 0.385 e. The molecule has 1 aliphatic carbocycles. The summed E-state index contributed by atoms with van der Waals surface area (Å²) in [7, 11) is 0. The van der Waals surface area contributed by atoms with Crippen LogP contribution in [0.4, 0.5) is 0 Å². The quantitative estimate of drug-likeness (QED) is 0.696. The van der Waals surface area contributed by atoms with Crippen LogP contribution in [0.15, 0.2) is 21.1 Å². The highest BCUT2D eigenvalue weighted by atomic mass is 79.9. The zero-order valence-corrected chi connectivity index (χ0v) is 8.13. The molecule has 0 radical (unpaired) electrons. The molecule has 0 heterocycles. The van der Waals surface area contributed by atoms with E-state index in [9.17, 15) is 10.2 Å². The fourth-order valence-corrected chi connectivity index (χ4v) is 1.42. The summed E-state index contributed by atoms with van der Waals surface area (Å²) in [6.07, 6.45) is 1.72. The van der Waals surface area contributed by atoms with Gasteiger partial charge < -0.3 is 10.2 Å². The van der Waals surface area contributed by atoms with Crippen LogP contribution in [0, 0.1) is 0 Å². The Balaban J connectivity index is 2.86. The van der Waals surface area contributed by atoms with Gasteiger partial charge in [-0.15, -0.1) is 0 Å². The van der Waals surface area contributed by atoms with E-state index in [1.807, 2.05) is 0 Å². The lowest BCUT2D eigenvalue weighted by molar-refractivity contribution is 0.0755. The van der Waals surface area contributed by atoms with Crippen molar-refractivity contribution in [1.82, 2.24) is 0 Å². The second-order valence-corrected chi connectivity index (χ2v) is 3.82. The zero-order chi connectivity index (χ0) is 7.72. The van der Waals surface area contributed by atoms with Gasteiger partial charge in [0.1, 0.15) is 12.2 Å². The van der Waals surface area contributed by atoms with Crippen molar-refractivity contribution in [3.05, 3.63) is 21.1 Å². The summed E-state index contributed by atoms with van der Waals surface area (Å²) < 4.78 is 1.20. The first kappa shape index (κ1) is 8.46. The minimum absolute atomic E-state index is 0.600. The monoisotopic (exact) mass is 268 g/mol. The van der Waals surface area contributed by atoms with Crippen LogP contribution in [0.3, 0.4) is 0 Å². The van der Waals surface area contributed by atoms with Crippen LogP contribution in [-0.2, 0) is 0 Å². The molecule has 0 aliphatic heterocycles. The molecule has 0 saturated heterocycles. The summed E-state index contributed by atoms with van der Waals surface area (Å²) in [5.41, 5.74) is 0. The smallest absolute Gasteiger partial charge is 0.116 e. The topological polar surface area (TPSA) is 40.5 Å². The highest BCUT2D eigenvalue weighted by molar-refractivity contribution is 9.12. The summed E-state index contributed by atoms with van der Waals surface area (Å²) in [5, 5.41) is 18.4. The van der Waals surface area contributed by atoms with Crippen molar-refractivity contribution in [2.45, 2.75) is 12.2 Å². The number of halogens is 2. The van der Waals surface area contributed by atoms with Crippen LogP contribution in [-0.4, -0.2) is 22.4 Å². The molecule has 10 heavy (non-hydrogen) atoms. The molecule has 0 amide bonds. The van der Waals surface area contributed by atoms with Gasteiger partial charge in [0.25, 0.3) is 0 Å². The first-order chi connectivity index (χ1) is 4.63. The van der Waals surface area contributed by atoms with Gasteiger partial charge >= 0.3 is 0 Å². The summed E-state index contributed by atoms with van der Waals surface area (Å²) in [5.74, 6) is 0. The van der Waals surface area contributed by atoms with Crippen LogP contribution in [0.5, 0.6) is 0 Å². The molecule has 1 aliphatic rings. The molecule has 0 aromatic rings. The Hall–Kier alpha value is 0.360. The van der Waals surface area contributed by atoms with Gasteiger partial charge in [-0.3, -0.25) is 0 Å². The van der Waals surface area contributed by atoms with Gasteiger partial charge in [0.05, 0.1) is 0 Å². The molecule has 0 fully saturated rings. The molecule has 2 nitrogen and oxygen atoms in total. The maximum absolute atomic E-state index is 9.18. The Labute approximate surface area is 75.5 Å². The average Bonchev–Trinajstić information content (AvgIpc) is 1.93. The van der Waals surface area contributed by atoms with Crippen molar-refractivity contribution in [2.24, 2.45) is 0 Å². The molecular weight excluding hydrogens is 264 g/mol. The van der Waals surface area contributed by atoms with E-state index in [4.69, 9.17) is 0 Å². The fourth-order valence-electron chi connectivity index (χ4n) is 0.658. The maximum atomic E-state index is 9.18. The van der Waals surface area contributed by atoms with Crippen LogP contribution in [0.1, 0.15) is 0 Å². The van der Waals surface area contributed by atoms with Gasteiger partial charge in [-0.25, -0.2) is 0 Å². The minimum atomic E-state index is -0.834. The Kier molecular flexibility index (Phi) is 2.68. The Morgan fingerprint density at radius 2 is 1.30 bits per heavy atom. The van der Waals surface area contributed by atoms with E-state index in [0.29, 0.717) is 8.96 Å². The standard InChI is InChI=1S/C6H6Br2O2/c7-3-1-2-4(8)6(10)5(3)9/h1-2,5-6,9-10H/t5-,6+. The number of rotatable bonds is 0. The predicted octanol–water partition coefficient (Wildman–Crippen LogP) is 1.28. The molecule has 2 N–H and O–H groups in total. The number of aliphatic hydroxyl groups is 2. The van der Waals surface area contributed by atoms with Crippen LogP contribution in [0.2, 0.25) is 0 Å². The lowest BCUT2D eigenvalue weighted by Gasteiger charge is -2.19. The first-order valence-corrected chi connectivity index (χ1v) is 4.30. The van der Waals surface area contributed by atoms with E-state index in [1.54, 1.807) is 12.2 Å². The summed E-state index contributed by atoms with van der Waals surface area (Å²) in [6.45, 7) is 0. The Morgan fingerprint density at radius 1 is 1.00 bits per heavy atom. The molecule has 0 spiro atoms. The molecule has 2 atom stereocenters. The van der Waals surface area contributed by atoms with Gasteiger partial charge in [-0.1, -0.05) is 31.9 Å². The van der Waals surface area contributed by atoms with Crippen LogP contribution < -0.4 is 0 Å². The lowest BCUT2D eigenvalue weighted by atomic mass is 10.1. The summed E-state index contributed by atoms with van der Waals surface area (Å²) in [4.78, 5) is 0. The van der Waals surface area contributed by atoms with E-state index >= 15 is 0 Å². The molecule has 0 aromatic carbocycles. The predicted molar refractivity (Wildman–Crippen MR) is 46.0 cm³/mol. The number of allylic oxidation sites excluding steroid dienone is 2. The highest BCUT2D eigenvalue weighted by Gasteiger charge is 2.23. The molecule has 0 aromatic heterocycles. The highest BCUT2D eigenvalue weighted by Crippen LogP contribution is 2.26. The molecule has 0 saturated carbocycles. The van der Waals surface area contributed by atoms with Crippen molar-refractivity contribution in [2.75, 3.05) is 0 Å². The van der Waals surface area contributed by atoms with Crippen molar-refractivity contribution in [3.8, 4) is 0 Å². The SMILES string of the molecule is O[C@@H]1C(Br)=CC=C(Br)[C@@H]1O. The number of hydrogen-bond acceptors (Lipinski definition) is 2. The van der Waals surface area contributed by atoms with E-state index < -0.39 is 12.2 Å². The lowest BCUT2D eigenvalue weighted by Crippen LogP contribution is -2.27. The van der Waals surface area contributed by atoms with Gasteiger partial charge in [0.2, 0.25) is 0 Å². The van der Waals surface area contributed by atoms with Gasteiger partial charge in [-0.05, 0) is 12.2 Å². The third kappa shape index (κ3) is 1.50. The molecule has 0 bridgehead atoms. The molecule has 4 heteroatoms. The molecule has 56 valence electrons. The van der Waals surface area contributed by atoms with Crippen molar-refractivity contribution in [3.63, 3.8) is 0 Å². The normalized spacial score (nSPS) is 33.2. The molecule has 0 unspecified atom stereocenters.